The summed E-state index contributed by atoms with van der Waals surface area (Å²) in [7, 11) is 0. The minimum atomic E-state index is -5.89. The van der Waals surface area contributed by atoms with E-state index in [0.29, 0.717) is 17.7 Å². The van der Waals surface area contributed by atoms with E-state index in [-0.39, 0.29) is 22.7 Å². The molecular weight excluding hydrogens is 535 g/mol. The summed E-state index contributed by atoms with van der Waals surface area (Å²) in [4.78, 5) is 0. The summed E-state index contributed by atoms with van der Waals surface area (Å²) in [5, 5.41) is 0. The van der Waals surface area contributed by atoms with Crippen LogP contribution in [0.4, 0.5) is 39.5 Å². The van der Waals surface area contributed by atoms with Gasteiger partial charge in [-0.3, -0.25) is 0 Å². The monoisotopic (exact) mass is 542 g/mol. The van der Waals surface area contributed by atoms with Gasteiger partial charge in [0, 0.05) is 8.95 Å². The van der Waals surface area contributed by atoms with Crippen LogP contribution in [-0.4, -0.2) is 12.4 Å². The first kappa shape index (κ1) is 23.1. The van der Waals surface area contributed by atoms with Crippen molar-refractivity contribution in [1.82, 2.24) is 0 Å². The zero-order valence-electron chi connectivity index (χ0n) is 13.6. The molecule has 0 saturated heterocycles. The fourth-order valence-electron chi connectivity index (χ4n) is 2.79. The third-order valence-electron chi connectivity index (χ3n) is 4.16. The summed E-state index contributed by atoms with van der Waals surface area (Å²) in [5.41, 5.74) is -8.09. The normalized spacial score (nSPS) is 13.7. The second kappa shape index (κ2) is 7.23. The second-order valence-corrected chi connectivity index (χ2v) is 7.61. The van der Waals surface area contributed by atoms with Crippen molar-refractivity contribution in [2.75, 3.05) is 0 Å². The molecule has 2 rings (SSSR count). The van der Waals surface area contributed by atoms with Crippen molar-refractivity contribution in [2.24, 2.45) is 0 Å². The molecule has 0 radical (unpaired) electrons. The average Bonchev–Trinajstić information content (AvgIpc) is 2.47. The third-order valence-corrected chi connectivity index (χ3v) is 5.67. The molecule has 0 amide bonds. The van der Waals surface area contributed by atoms with E-state index in [9.17, 15) is 39.5 Å². The topological polar surface area (TPSA) is 0 Å². The first-order valence-electron chi connectivity index (χ1n) is 7.30. The lowest BCUT2D eigenvalue weighted by Crippen LogP contribution is -2.54. The fourth-order valence-corrected chi connectivity index (χ4v) is 3.77. The van der Waals surface area contributed by atoms with Gasteiger partial charge in [-0.15, -0.1) is 0 Å². The van der Waals surface area contributed by atoms with Gasteiger partial charge < -0.3 is 0 Å². The highest BCUT2D eigenvalue weighted by Crippen LogP contribution is 2.57. The second-order valence-electron chi connectivity index (χ2n) is 5.90. The Bertz CT molecular complexity index is 866. The maximum atomic E-state index is 14.0. The minimum absolute atomic E-state index is 0.00569. The van der Waals surface area contributed by atoms with E-state index in [1.165, 1.54) is 6.92 Å². The van der Waals surface area contributed by atoms with Crippen LogP contribution in [0.15, 0.2) is 45.3 Å². The van der Waals surface area contributed by atoms with Crippen LogP contribution in [0.25, 0.3) is 0 Å². The van der Waals surface area contributed by atoms with Crippen LogP contribution in [0, 0.1) is 6.92 Å². The predicted octanol–water partition coefficient (Wildman–Crippen LogP) is 7.95. The molecule has 154 valence electrons. The fraction of sp³-hybridized carbons (Fsp3) is 0.294. The molecule has 0 N–H and O–H groups in total. The molecule has 0 fully saturated rings. The number of rotatable bonds is 2. The zero-order valence-corrected chi connectivity index (χ0v) is 16.8. The predicted molar refractivity (Wildman–Crippen MR) is 90.9 cm³/mol. The zero-order chi connectivity index (χ0) is 21.7. The van der Waals surface area contributed by atoms with E-state index in [1.54, 1.807) is 0 Å². The smallest absolute Gasteiger partial charge is 0.169 e. The van der Waals surface area contributed by atoms with Crippen LogP contribution >= 0.6 is 31.9 Å². The SMILES string of the molecule is Cc1ccc(C(c2ccc(C(F)(F)F)c(Br)c2)(C(F)(F)F)C(F)(F)F)cc1Br. The van der Waals surface area contributed by atoms with Gasteiger partial charge in [0.25, 0.3) is 0 Å². The summed E-state index contributed by atoms with van der Waals surface area (Å²) in [5.74, 6) is 0. The largest absolute Gasteiger partial charge is 0.417 e. The molecule has 0 aliphatic heterocycles. The maximum absolute atomic E-state index is 14.0. The molecule has 0 heterocycles. The number of aryl methyl sites for hydroxylation is 1. The molecule has 0 aliphatic carbocycles. The van der Waals surface area contributed by atoms with Crippen LogP contribution in [-0.2, 0) is 11.6 Å². The Balaban J connectivity index is 2.94. The molecule has 11 heteroatoms. The Kier molecular flexibility index (Phi) is 5.95. The molecular formula is C17H9Br2F9. The highest BCUT2D eigenvalue weighted by atomic mass is 79.9. The van der Waals surface area contributed by atoms with Crippen molar-refractivity contribution in [1.29, 1.82) is 0 Å². The van der Waals surface area contributed by atoms with E-state index < -0.39 is 45.1 Å². The number of hydrogen-bond acceptors (Lipinski definition) is 0. The van der Waals surface area contributed by atoms with Crippen molar-refractivity contribution in [3.63, 3.8) is 0 Å². The van der Waals surface area contributed by atoms with Crippen molar-refractivity contribution in [3.8, 4) is 0 Å². The van der Waals surface area contributed by atoms with Gasteiger partial charge in [-0.2, -0.15) is 39.5 Å². The quantitative estimate of drug-likeness (QED) is 0.337. The average molecular weight is 544 g/mol. The number of benzene rings is 2. The number of alkyl halides is 9. The summed E-state index contributed by atoms with van der Waals surface area (Å²) >= 11 is 5.35. The van der Waals surface area contributed by atoms with Gasteiger partial charge in [0.05, 0.1) is 5.56 Å². The van der Waals surface area contributed by atoms with Crippen molar-refractivity contribution < 1.29 is 39.5 Å². The van der Waals surface area contributed by atoms with Gasteiger partial charge >= 0.3 is 18.5 Å². The molecule has 0 saturated carbocycles. The van der Waals surface area contributed by atoms with Crippen LogP contribution < -0.4 is 0 Å². The van der Waals surface area contributed by atoms with E-state index in [0.717, 1.165) is 6.07 Å². The molecule has 2 aromatic carbocycles. The van der Waals surface area contributed by atoms with Gasteiger partial charge in [-0.05, 0) is 41.8 Å². The number of halogens is 11. The highest BCUT2D eigenvalue weighted by molar-refractivity contribution is 9.10. The Morgan fingerprint density at radius 2 is 1.07 bits per heavy atom. The van der Waals surface area contributed by atoms with Gasteiger partial charge in [-0.25, -0.2) is 0 Å². The Hall–Kier alpha value is -1.23. The molecule has 0 atom stereocenters. The summed E-state index contributed by atoms with van der Waals surface area (Å²) in [6, 6.07) is 2.98. The lowest BCUT2D eigenvalue weighted by atomic mass is 9.72. The summed E-state index contributed by atoms with van der Waals surface area (Å²) < 4.78 is 122. The van der Waals surface area contributed by atoms with Crippen LogP contribution in [0.3, 0.4) is 0 Å². The Morgan fingerprint density at radius 3 is 1.43 bits per heavy atom. The molecule has 0 nitrogen and oxygen atoms in total. The first-order chi connectivity index (χ1) is 12.5. The summed E-state index contributed by atoms with van der Waals surface area (Å²) in [6.07, 6.45) is -16.7. The molecule has 2 aromatic rings. The maximum Gasteiger partial charge on any atom is 0.417 e. The first-order valence-corrected chi connectivity index (χ1v) is 8.89. The molecule has 28 heavy (non-hydrogen) atoms. The lowest BCUT2D eigenvalue weighted by Gasteiger charge is -2.38. The Morgan fingerprint density at radius 1 is 0.643 bits per heavy atom. The third kappa shape index (κ3) is 3.79. The lowest BCUT2D eigenvalue weighted by molar-refractivity contribution is -0.288. The van der Waals surface area contributed by atoms with Gasteiger partial charge in [0.2, 0.25) is 5.41 Å². The van der Waals surface area contributed by atoms with Gasteiger partial charge in [0.1, 0.15) is 0 Å². The Labute approximate surface area is 170 Å². The van der Waals surface area contributed by atoms with Crippen molar-refractivity contribution in [2.45, 2.75) is 30.9 Å². The van der Waals surface area contributed by atoms with Crippen LogP contribution in [0.2, 0.25) is 0 Å². The molecule has 0 aromatic heterocycles. The molecule has 0 aliphatic rings. The van der Waals surface area contributed by atoms with E-state index in [1.807, 2.05) is 0 Å². The molecule has 0 bridgehead atoms. The standard InChI is InChI=1S/C17H9Br2F9/c1-8-2-3-9(6-12(8)18)14(16(23,24)25,17(26,27)28)10-4-5-11(13(19)7-10)15(20,21)22/h2-7H,1H3. The van der Waals surface area contributed by atoms with E-state index in [4.69, 9.17) is 0 Å². The summed E-state index contributed by atoms with van der Waals surface area (Å²) in [6.45, 7) is 1.46. The van der Waals surface area contributed by atoms with E-state index >= 15 is 0 Å². The van der Waals surface area contributed by atoms with Gasteiger partial charge in [0.15, 0.2) is 0 Å². The van der Waals surface area contributed by atoms with Crippen molar-refractivity contribution in [3.05, 3.63) is 67.6 Å². The van der Waals surface area contributed by atoms with Crippen LogP contribution in [0.1, 0.15) is 22.3 Å². The van der Waals surface area contributed by atoms with E-state index in [2.05, 4.69) is 31.9 Å². The minimum Gasteiger partial charge on any atom is -0.169 e. The van der Waals surface area contributed by atoms with Crippen molar-refractivity contribution >= 4 is 31.9 Å². The number of hydrogen-bond donors (Lipinski definition) is 0. The molecule has 0 spiro atoms. The highest BCUT2D eigenvalue weighted by Gasteiger charge is 2.72. The molecule has 0 unspecified atom stereocenters. The van der Waals surface area contributed by atoms with Gasteiger partial charge in [-0.1, -0.05) is 50.1 Å². The van der Waals surface area contributed by atoms with Crippen LogP contribution in [0.5, 0.6) is 0 Å².